The van der Waals surface area contributed by atoms with Gasteiger partial charge in [-0.3, -0.25) is 4.79 Å². The largest absolute Gasteiger partial charge is 0.480 e. The molecular formula is C17H18N4O3S. The van der Waals surface area contributed by atoms with Crippen LogP contribution < -0.4 is 0 Å². The van der Waals surface area contributed by atoms with E-state index in [9.17, 15) is 14.7 Å². The lowest BCUT2D eigenvalue weighted by Crippen LogP contribution is -2.52. The molecule has 3 heterocycles. The minimum Gasteiger partial charge on any atom is -0.480 e. The third kappa shape index (κ3) is 2.70. The average molecular weight is 358 g/mol. The van der Waals surface area contributed by atoms with E-state index in [1.165, 1.54) is 10.5 Å². The Morgan fingerprint density at radius 3 is 2.88 bits per heavy atom. The molecule has 0 spiro atoms. The lowest BCUT2D eigenvalue weighted by molar-refractivity contribution is -0.152. The normalized spacial score (nSPS) is 22.2. The minimum absolute atomic E-state index is 0.156. The van der Waals surface area contributed by atoms with E-state index < -0.39 is 12.0 Å². The molecule has 1 amide bonds. The second-order valence-corrected chi connectivity index (χ2v) is 7.51. The summed E-state index contributed by atoms with van der Waals surface area (Å²) in [5.74, 6) is 1.01. The number of hydrogen-bond donors (Lipinski definition) is 1. The van der Waals surface area contributed by atoms with Gasteiger partial charge in [-0.1, -0.05) is 24.3 Å². The fourth-order valence-corrected chi connectivity index (χ4v) is 4.77. The van der Waals surface area contributed by atoms with Crippen molar-refractivity contribution in [2.45, 2.75) is 37.7 Å². The highest BCUT2D eigenvalue weighted by atomic mass is 32.2. The number of carboxylic acid groups (broad SMARTS) is 1. The van der Waals surface area contributed by atoms with Crippen LogP contribution in [0.25, 0.3) is 0 Å². The Labute approximate surface area is 149 Å². The van der Waals surface area contributed by atoms with Gasteiger partial charge < -0.3 is 14.6 Å². The van der Waals surface area contributed by atoms with Crippen molar-refractivity contribution in [3.8, 4) is 0 Å². The topological polar surface area (TPSA) is 88.3 Å². The van der Waals surface area contributed by atoms with Gasteiger partial charge in [0, 0.05) is 0 Å². The minimum atomic E-state index is -0.999. The smallest absolute Gasteiger partial charge is 0.328 e. The SMILES string of the molecule is Cc1nnc2n1CC(C(=O)O)N(C(=O)C1SCCc3ccccc31)C2. The molecule has 2 aliphatic heterocycles. The predicted octanol–water partition coefficient (Wildman–Crippen LogP) is 1.41. The number of carboxylic acids is 1. The molecule has 0 saturated carbocycles. The van der Waals surface area contributed by atoms with E-state index in [0.717, 1.165) is 17.7 Å². The molecule has 0 aliphatic carbocycles. The van der Waals surface area contributed by atoms with E-state index in [2.05, 4.69) is 10.2 Å². The lowest BCUT2D eigenvalue weighted by Gasteiger charge is -2.36. The van der Waals surface area contributed by atoms with Crippen LogP contribution in [0.1, 0.15) is 28.0 Å². The van der Waals surface area contributed by atoms with Crippen LogP contribution in [0.5, 0.6) is 0 Å². The van der Waals surface area contributed by atoms with Gasteiger partial charge in [-0.25, -0.2) is 4.79 Å². The zero-order chi connectivity index (χ0) is 17.6. The molecule has 1 aromatic heterocycles. The summed E-state index contributed by atoms with van der Waals surface area (Å²) in [4.78, 5) is 26.5. The van der Waals surface area contributed by atoms with Gasteiger partial charge >= 0.3 is 5.97 Å². The van der Waals surface area contributed by atoms with E-state index in [4.69, 9.17) is 0 Å². The van der Waals surface area contributed by atoms with Crippen molar-refractivity contribution >= 4 is 23.6 Å². The fraction of sp³-hybridized carbons (Fsp3) is 0.412. The van der Waals surface area contributed by atoms with Crippen molar-refractivity contribution in [2.75, 3.05) is 5.75 Å². The number of aliphatic carboxylic acids is 1. The summed E-state index contributed by atoms with van der Waals surface area (Å²) < 4.78 is 1.78. The van der Waals surface area contributed by atoms with Crippen LogP contribution in [0.2, 0.25) is 0 Å². The number of fused-ring (bicyclic) bond motifs is 2. The predicted molar refractivity (Wildman–Crippen MR) is 92.1 cm³/mol. The van der Waals surface area contributed by atoms with Crippen molar-refractivity contribution in [2.24, 2.45) is 0 Å². The molecule has 2 aliphatic rings. The first-order valence-electron chi connectivity index (χ1n) is 8.17. The van der Waals surface area contributed by atoms with Crippen LogP contribution >= 0.6 is 11.8 Å². The second-order valence-electron chi connectivity index (χ2n) is 6.29. The van der Waals surface area contributed by atoms with E-state index in [1.807, 2.05) is 24.3 Å². The van der Waals surface area contributed by atoms with Crippen LogP contribution in [0, 0.1) is 6.92 Å². The number of hydrogen-bond acceptors (Lipinski definition) is 5. The Hall–Kier alpha value is -2.35. The molecule has 1 N–H and O–H groups in total. The Balaban J connectivity index is 1.68. The number of rotatable bonds is 2. The van der Waals surface area contributed by atoms with E-state index >= 15 is 0 Å². The van der Waals surface area contributed by atoms with E-state index in [1.54, 1.807) is 23.3 Å². The number of carbonyl (C=O) groups is 2. The second kappa shape index (κ2) is 6.18. The van der Waals surface area contributed by atoms with Gasteiger partial charge in [-0.05, 0) is 30.2 Å². The molecule has 25 heavy (non-hydrogen) atoms. The van der Waals surface area contributed by atoms with Gasteiger partial charge in [0.1, 0.15) is 17.1 Å². The first-order chi connectivity index (χ1) is 12.1. The number of aromatic nitrogens is 3. The van der Waals surface area contributed by atoms with Crippen molar-refractivity contribution in [1.29, 1.82) is 0 Å². The molecule has 2 atom stereocenters. The van der Waals surface area contributed by atoms with Gasteiger partial charge in [0.05, 0.1) is 13.1 Å². The molecule has 2 unspecified atom stereocenters. The molecule has 8 heteroatoms. The monoisotopic (exact) mass is 358 g/mol. The van der Waals surface area contributed by atoms with Gasteiger partial charge in [0.2, 0.25) is 5.91 Å². The Morgan fingerprint density at radius 1 is 1.28 bits per heavy atom. The number of nitrogens with zero attached hydrogens (tertiary/aromatic N) is 4. The summed E-state index contributed by atoms with van der Waals surface area (Å²) in [5.41, 5.74) is 2.17. The summed E-state index contributed by atoms with van der Waals surface area (Å²) in [7, 11) is 0. The molecule has 1 aromatic carbocycles. The Bertz CT molecular complexity index is 850. The molecule has 2 aromatic rings. The molecule has 0 saturated heterocycles. The molecule has 0 bridgehead atoms. The molecule has 130 valence electrons. The maximum absolute atomic E-state index is 13.2. The van der Waals surface area contributed by atoms with E-state index in [-0.39, 0.29) is 24.2 Å². The van der Waals surface area contributed by atoms with Crippen molar-refractivity contribution in [1.82, 2.24) is 19.7 Å². The zero-order valence-electron chi connectivity index (χ0n) is 13.8. The number of thioether (sulfide) groups is 1. The number of amides is 1. The number of benzene rings is 1. The molecule has 0 fully saturated rings. The van der Waals surface area contributed by atoms with Crippen molar-refractivity contribution < 1.29 is 14.7 Å². The Morgan fingerprint density at radius 2 is 2.08 bits per heavy atom. The lowest BCUT2D eigenvalue weighted by atomic mass is 10.00. The summed E-state index contributed by atoms with van der Waals surface area (Å²) >= 11 is 1.58. The molecule has 7 nitrogen and oxygen atoms in total. The fourth-order valence-electron chi connectivity index (χ4n) is 3.51. The third-order valence-electron chi connectivity index (χ3n) is 4.84. The van der Waals surface area contributed by atoms with Crippen LogP contribution in [-0.2, 0) is 29.1 Å². The Kier molecular flexibility index (Phi) is 3.99. The summed E-state index contributed by atoms with van der Waals surface area (Å²) in [6.07, 6.45) is 0.931. The standard InChI is InChI=1S/C17H18N4O3S/c1-10-18-19-14-9-21(13(17(23)24)8-20(10)14)16(22)15-12-5-3-2-4-11(12)6-7-25-15/h2-5,13,15H,6-9H2,1H3,(H,23,24). The highest BCUT2D eigenvalue weighted by Crippen LogP contribution is 2.39. The summed E-state index contributed by atoms with van der Waals surface area (Å²) in [6.45, 7) is 2.16. The first-order valence-corrected chi connectivity index (χ1v) is 9.22. The first kappa shape index (κ1) is 16.1. The van der Waals surface area contributed by atoms with Crippen LogP contribution in [-0.4, -0.2) is 48.4 Å². The summed E-state index contributed by atoms with van der Waals surface area (Å²) in [6, 6.07) is 7.01. The molecule has 0 radical (unpaired) electrons. The maximum Gasteiger partial charge on any atom is 0.328 e. The number of carbonyl (C=O) groups excluding carboxylic acids is 1. The van der Waals surface area contributed by atoms with Gasteiger partial charge in [0.25, 0.3) is 0 Å². The third-order valence-corrected chi connectivity index (χ3v) is 6.07. The highest BCUT2D eigenvalue weighted by molar-refractivity contribution is 8.00. The van der Waals surface area contributed by atoms with Crippen LogP contribution in [0.4, 0.5) is 0 Å². The van der Waals surface area contributed by atoms with Crippen LogP contribution in [0.3, 0.4) is 0 Å². The van der Waals surface area contributed by atoms with Gasteiger partial charge in [0.15, 0.2) is 5.82 Å². The van der Waals surface area contributed by atoms with Gasteiger partial charge in [-0.15, -0.1) is 22.0 Å². The highest BCUT2D eigenvalue weighted by Gasteiger charge is 2.40. The van der Waals surface area contributed by atoms with Crippen molar-refractivity contribution in [3.63, 3.8) is 0 Å². The zero-order valence-corrected chi connectivity index (χ0v) is 14.6. The van der Waals surface area contributed by atoms with E-state index in [0.29, 0.717) is 11.6 Å². The maximum atomic E-state index is 13.2. The number of aryl methyl sites for hydroxylation is 2. The average Bonchev–Trinajstić information content (AvgIpc) is 3.00. The quantitative estimate of drug-likeness (QED) is 0.873. The van der Waals surface area contributed by atoms with Crippen molar-refractivity contribution in [3.05, 3.63) is 47.0 Å². The van der Waals surface area contributed by atoms with Gasteiger partial charge in [-0.2, -0.15) is 0 Å². The van der Waals surface area contributed by atoms with Crippen LogP contribution in [0.15, 0.2) is 24.3 Å². The molecule has 4 rings (SSSR count). The summed E-state index contributed by atoms with van der Waals surface area (Å²) in [5, 5.41) is 17.4. The molecular weight excluding hydrogens is 340 g/mol.